The molecule has 0 aliphatic carbocycles. The summed E-state index contributed by atoms with van der Waals surface area (Å²) in [6.45, 7) is 2.52. The summed E-state index contributed by atoms with van der Waals surface area (Å²) in [4.78, 5) is 37.8. The van der Waals surface area contributed by atoms with Gasteiger partial charge in [-0.2, -0.15) is 0 Å². The SMILES string of the molecule is Cc1cccc2c1-c1cccc(c1)[C@H](CC(=O)O)NC(=O)[C@@H](n1cc(F)ccc1=O)CCCCCCO2. The van der Waals surface area contributed by atoms with Crippen LogP contribution in [0.25, 0.3) is 11.1 Å². The first kappa shape index (κ1) is 26.1. The van der Waals surface area contributed by atoms with E-state index in [0.29, 0.717) is 25.0 Å². The van der Waals surface area contributed by atoms with Crippen molar-refractivity contribution < 1.29 is 23.8 Å². The summed E-state index contributed by atoms with van der Waals surface area (Å²) in [5.41, 5.74) is 2.90. The third-order valence-electron chi connectivity index (χ3n) is 6.68. The highest BCUT2D eigenvalue weighted by molar-refractivity contribution is 5.82. The zero-order chi connectivity index (χ0) is 26.4. The Morgan fingerprint density at radius 1 is 1.08 bits per heavy atom. The van der Waals surface area contributed by atoms with Gasteiger partial charge in [-0.1, -0.05) is 49.6 Å². The van der Waals surface area contributed by atoms with E-state index in [-0.39, 0.29) is 6.42 Å². The molecule has 2 heterocycles. The van der Waals surface area contributed by atoms with Gasteiger partial charge in [-0.15, -0.1) is 0 Å². The molecule has 1 aromatic heterocycles. The number of rotatable bonds is 3. The molecule has 3 aromatic rings. The molecule has 0 unspecified atom stereocenters. The number of hydrogen-bond donors (Lipinski definition) is 2. The first-order chi connectivity index (χ1) is 17.8. The topological polar surface area (TPSA) is 97.6 Å². The third-order valence-corrected chi connectivity index (χ3v) is 6.68. The number of nitrogens with zero attached hydrogens (tertiary/aromatic N) is 1. The molecule has 0 spiro atoms. The zero-order valence-electron chi connectivity index (χ0n) is 20.8. The second kappa shape index (κ2) is 11.9. The quantitative estimate of drug-likeness (QED) is 0.510. The zero-order valence-corrected chi connectivity index (χ0v) is 20.8. The van der Waals surface area contributed by atoms with E-state index in [1.54, 1.807) is 6.07 Å². The minimum absolute atomic E-state index is 0.317. The highest BCUT2D eigenvalue weighted by Crippen LogP contribution is 2.35. The normalized spacial score (nSPS) is 18.8. The van der Waals surface area contributed by atoms with Crippen molar-refractivity contribution in [1.82, 2.24) is 9.88 Å². The van der Waals surface area contributed by atoms with E-state index in [0.717, 1.165) is 64.6 Å². The molecule has 0 saturated heterocycles. The molecule has 37 heavy (non-hydrogen) atoms. The van der Waals surface area contributed by atoms with Crippen LogP contribution in [0.15, 0.2) is 65.6 Å². The molecule has 194 valence electrons. The van der Waals surface area contributed by atoms with Crippen molar-refractivity contribution in [1.29, 1.82) is 0 Å². The minimum Gasteiger partial charge on any atom is -0.493 e. The lowest BCUT2D eigenvalue weighted by molar-refractivity contribution is -0.138. The van der Waals surface area contributed by atoms with Gasteiger partial charge in [-0.25, -0.2) is 4.39 Å². The lowest BCUT2D eigenvalue weighted by Gasteiger charge is -2.24. The maximum absolute atomic E-state index is 14.0. The number of hydrogen-bond acceptors (Lipinski definition) is 4. The van der Waals surface area contributed by atoms with E-state index in [2.05, 4.69) is 5.32 Å². The number of carbonyl (C=O) groups excluding carboxylic acids is 1. The molecule has 0 fully saturated rings. The smallest absolute Gasteiger partial charge is 0.305 e. The van der Waals surface area contributed by atoms with Crippen molar-refractivity contribution in [3.05, 3.63) is 88.1 Å². The average Bonchev–Trinajstić information content (AvgIpc) is 2.86. The molecule has 7 nitrogen and oxygen atoms in total. The number of amides is 1. The largest absolute Gasteiger partial charge is 0.493 e. The van der Waals surface area contributed by atoms with Crippen molar-refractivity contribution >= 4 is 11.9 Å². The highest BCUT2D eigenvalue weighted by atomic mass is 19.1. The Balaban J connectivity index is 1.77. The Kier molecular flexibility index (Phi) is 8.38. The van der Waals surface area contributed by atoms with Gasteiger partial charge in [0.05, 0.1) is 19.1 Å². The molecular weight excluding hydrogens is 475 g/mol. The third kappa shape index (κ3) is 6.44. The molecule has 2 aromatic carbocycles. The van der Waals surface area contributed by atoms with Gasteiger partial charge in [0.1, 0.15) is 17.6 Å². The Hall–Kier alpha value is -3.94. The number of carboxylic acid groups (broad SMARTS) is 1. The second-order valence-electron chi connectivity index (χ2n) is 9.39. The molecule has 2 bridgehead atoms. The fourth-order valence-corrected chi connectivity index (χ4v) is 4.83. The highest BCUT2D eigenvalue weighted by Gasteiger charge is 2.26. The van der Waals surface area contributed by atoms with E-state index in [9.17, 15) is 23.9 Å². The van der Waals surface area contributed by atoms with Crippen molar-refractivity contribution in [3.8, 4) is 16.9 Å². The predicted octanol–water partition coefficient (Wildman–Crippen LogP) is 5.18. The Morgan fingerprint density at radius 2 is 1.86 bits per heavy atom. The summed E-state index contributed by atoms with van der Waals surface area (Å²) in [6.07, 6.45) is 4.13. The van der Waals surface area contributed by atoms with Crippen LogP contribution in [0.3, 0.4) is 0 Å². The minimum atomic E-state index is -1.08. The number of nitrogens with one attached hydrogen (secondary N) is 1. The summed E-state index contributed by atoms with van der Waals surface area (Å²) in [5, 5.41) is 12.5. The van der Waals surface area contributed by atoms with Crippen LogP contribution in [0.2, 0.25) is 0 Å². The molecule has 8 heteroatoms. The van der Waals surface area contributed by atoms with Crippen LogP contribution in [-0.2, 0) is 9.59 Å². The van der Waals surface area contributed by atoms with Crippen LogP contribution in [-0.4, -0.2) is 28.2 Å². The summed E-state index contributed by atoms with van der Waals surface area (Å²) < 4.78 is 21.3. The van der Waals surface area contributed by atoms with E-state index in [4.69, 9.17) is 4.74 Å². The summed E-state index contributed by atoms with van der Waals surface area (Å²) in [5.74, 6) is -1.46. The maximum atomic E-state index is 14.0. The average molecular weight is 507 g/mol. The molecule has 4 rings (SSSR count). The second-order valence-corrected chi connectivity index (χ2v) is 9.39. The summed E-state index contributed by atoms with van der Waals surface area (Å²) in [7, 11) is 0. The fraction of sp³-hybridized carbons (Fsp3) is 0.345. The van der Waals surface area contributed by atoms with Gasteiger partial charge in [-0.3, -0.25) is 14.4 Å². The fourth-order valence-electron chi connectivity index (χ4n) is 4.83. The summed E-state index contributed by atoms with van der Waals surface area (Å²) >= 11 is 0. The monoisotopic (exact) mass is 506 g/mol. The number of aromatic nitrogens is 1. The molecule has 2 atom stereocenters. The van der Waals surface area contributed by atoms with Gasteiger partial charge in [0.2, 0.25) is 5.91 Å². The van der Waals surface area contributed by atoms with Crippen LogP contribution in [0.5, 0.6) is 5.75 Å². The standard InChI is InChI=1S/C29H31FN2O5/c1-19-8-6-12-25-28(19)21-10-7-9-20(16-21)23(17-27(34)35)31-29(36)24(11-4-2-3-5-15-37-25)32-18-22(30)13-14-26(32)33/h6-10,12-14,16,18,23-24H,2-5,11,15,17H2,1H3,(H,31,36)(H,34,35)/t23-,24-/m0/s1. The van der Waals surface area contributed by atoms with E-state index in [1.807, 2.05) is 43.3 Å². The van der Waals surface area contributed by atoms with Crippen LogP contribution in [0, 0.1) is 12.7 Å². The molecule has 2 N–H and O–H groups in total. The van der Waals surface area contributed by atoms with E-state index in [1.165, 1.54) is 0 Å². The predicted molar refractivity (Wildman–Crippen MR) is 138 cm³/mol. The van der Waals surface area contributed by atoms with Gasteiger partial charge < -0.3 is 19.7 Å². The maximum Gasteiger partial charge on any atom is 0.305 e. The number of halogens is 1. The van der Waals surface area contributed by atoms with Gasteiger partial charge in [0.25, 0.3) is 5.56 Å². The van der Waals surface area contributed by atoms with Crippen LogP contribution < -0.4 is 15.6 Å². The number of aliphatic carboxylic acids is 1. The number of ether oxygens (including phenoxy) is 1. The number of carboxylic acids is 1. The number of aryl methyl sites for hydroxylation is 1. The summed E-state index contributed by atoms with van der Waals surface area (Å²) in [6, 6.07) is 13.6. The van der Waals surface area contributed by atoms with Gasteiger partial charge in [0.15, 0.2) is 0 Å². The number of fused-ring (bicyclic) bond motifs is 4. The molecule has 1 aliphatic rings. The van der Waals surface area contributed by atoms with Crippen LogP contribution >= 0.6 is 0 Å². The van der Waals surface area contributed by atoms with Crippen LogP contribution in [0.1, 0.15) is 61.7 Å². The number of pyridine rings is 1. The Labute approximate surface area is 214 Å². The van der Waals surface area contributed by atoms with Crippen molar-refractivity contribution in [2.75, 3.05) is 6.61 Å². The van der Waals surface area contributed by atoms with Crippen LogP contribution in [0.4, 0.5) is 4.39 Å². The molecule has 1 aliphatic heterocycles. The van der Waals surface area contributed by atoms with Crippen molar-refractivity contribution in [3.63, 3.8) is 0 Å². The lowest BCUT2D eigenvalue weighted by atomic mass is 9.94. The molecule has 0 saturated carbocycles. The first-order valence-corrected chi connectivity index (χ1v) is 12.6. The van der Waals surface area contributed by atoms with Crippen molar-refractivity contribution in [2.24, 2.45) is 0 Å². The Morgan fingerprint density at radius 3 is 2.68 bits per heavy atom. The van der Waals surface area contributed by atoms with Crippen molar-refractivity contribution in [2.45, 2.75) is 57.5 Å². The van der Waals surface area contributed by atoms with E-state index < -0.39 is 35.3 Å². The molecule has 1 amide bonds. The molecular formula is C29H31FN2O5. The van der Waals surface area contributed by atoms with E-state index >= 15 is 0 Å². The first-order valence-electron chi connectivity index (χ1n) is 12.6. The lowest BCUT2D eigenvalue weighted by Crippen LogP contribution is -2.39. The number of benzene rings is 2. The molecule has 0 radical (unpaired) electrons. The Bertz CT molecular complexity index is 1340. The van der Waals surface area contributed by atoms with Gasteiger partial charge in [0, 0.05) is 17.8 Å². The van der Waals surface area contributed by atoms with Gasteiger partial charge in [-0.05, 0) is 54.7 Å². The number of carbonyl (C=O) groups is 2. The van der Waals surface area contributed by atoms with Gasteiger partial charge >= 0.3 is 5.97 Å².